The fourth-order valence-electron chi connectivity index (χ4n) is 4.90. The van der Waals surface area contributed by atoms with Gasteiger partial charge in [-0.05, 0) is 54.8 Å². The Morgan fingerprint density at radius 3 is 2.59 bits per heavy atom. The lowest BCUT2D eigenvalue weighted by Crippen LogP contribution is -2.47. The Labute approximate surface area is 215 Å². The van der Waals surface area contributed by atoms with Crippen LogP contribution < -0.4 is 10.1 Å². The van der Waals surface area contributed by atoms with Gasteiger partial charge in [-0.2, -0.15) is 0 Å². The van der Waals surface area contributed by atoms with Crippen molar-refractivity contribution < 1.29 is 18.7 Å². The van der Waals surface area contributed by atoms with E-state index in [4.69, 9.17) is 9.15 Å². The number of methoxy groups -OCH3 is 1. The summed E-state index contributed by atoms with van der Waals surface area (Å²) in [4.78, 5) is 29.2. The smallest absolute Gasteiger partial charge is 0.250 e. The molecular formula is C28H31N5O4. The highest BCUT2D eigenvalue weighted by Crippen LogP contribution is 2.27. The number of rotatable bonds is 9. The Kier molecular flexibility index (Phi) is 7.49. The fourth-order valence-corrected chi connectivity index (χ4v) is 4.90. The number of carbonyl (C=O) groups excluding carboxylic acids is 2. The topological polar surface area (TPSA) is 102 Å². The minimum absolute atomic E-state index is 0.0649. The Hall–Kier alpha value is -4.14. The van der Waals surface area contributed by atoms with Gasteiger partial charge in [0.15, 0.2) is 6.04 Å². The van der Waals surface area contributed by atoms with E-state index in [0.29, 0.717) is 17.0 Å². The van der Waals surface area contributed by atoms with Gasteiger partial charge >= 0.3 is 0 Å². The zero-order valence-corrected chi connectivity index (χ0v) is 20.9. The lowest BCUT2D eigenvalue weighted by molar-refractivity contribution is -0.143. The summed E-state index contributed by atoms with van der Waals surface area (Å²) in [6, 6.07) is 17.6. The van der Waals surface area contributed by atoms with Gasteiger partial charge in [0.05, 0.1) is 18.9 Å². The molecule has 0 saturated heterocycles. The highest BCUT2D eigenvalue weighted by Gasteiger charge is 2.35. The van der Waals surface area contributed by atoms with E-state index >= 15 is 0 Å². The molecule has 1 atom stereocenters. The maximum atomic E-state index is 13.9. The predicted molar refractivity (Wildman–Crippen MR) is 138 cm³/mol. The molecule has 0 spiro atoms. The summed E-state index contributed by atoms with van der Waals surface area (Å²) in [5.41, 5.74) is 2.32. The zero-order chi connectivity index (χ0) is 25.6. The molecule has 192 valence electrons. The van der Waals surface area contributed by atoms with Crippen LogP contribution in [0.4, 0.5) is 0 Å². The van der Waals surface area contributed by atoms with Crippen LogP contribution in [0.3, 0.4) is 0 Å². The van der Waals surface area contributed by atoms with Gasteiger partial charge in [-0.15, -0.1) is 5.10 Å². The first-order chi connectivity index (χ1) is 18.1. The van der Waals surface area contributed by atoms with Crippen molar-refractivity contribution in [1.29, 1.82) is 0 Å². The molecule has 2 aromatic carbocycles. The van der Waals surface area contributed by atoms with Gasteiger partial charge in [-0.3, -0.25) is 9.59 Å². The number of nitrogens with zero attached hydrogens (tertiary/aromatic N) is 4. The highest BCUT2D eigenvalue weighted by molar-refractivity contribution is 5.89. The Bertz CT molecular complexity index is 1330. The number of carbonyl (C=O) groups is 2. The van der Waals surface area contributed by atoms with Crippen molar-refractivity contribution in [2.75, 3.05) is 7.11 Å². The number of furan rings is 1. The van der Waals surface area contributed by atoms with E-state index in [1.807, 2.05) is 48.5 Å². The van der Waals surface area contributed by atoms with Crippen molar-refractivity contribution >= 4 is 22.8 Å². The quantitative estimate of drug-likeness (QED) is 0.368. The molecule has 9 heteroatoms. The molecule has 4 aromatic rings. The van der Waals surface area contributed by atoms with E-state index in [2.05, 4.69) is 15.6 Å². The molecule has 1 saturated carbocycles. The van der Waals surface area contributed by atoms with Gasteiger partial charge in [-0.25, -0.2) is 4.68 Å². The number of aromatic nitrogens is 3. The largest absolute Gasteiger partial charge is 0.497 e. The molecule has 1 fully saturated rings. The van der Waals surface area contributed by atoms with Gasteiger partial charge in [0.1, 0.15) is 23.6 Å². The highest BCUT2D eigenvalue weighted by atomic mass is 16.5. The average molecular weight is 502 g/mol. The molecule has 1 aliphatic rings. The normalized spacial score (nSPS) is 14.8. The van der Waals surface area contributed by atoms with Crippen molar-refractivity contribution in [2.45, 2.75) is 57.3 Å². The van der Waals surface area contributed by atoms with Gasteiger partial charge in [0.2, 0.25) is 5.91 Å². The van der Waals surface area contributed by atoms with Crippen LogP contribution in [0, 0.1) is 0 Å². The number of fused-ring (bicyclic) bond motifs is 1. The molecule has 9 nitrogen and oxygen atoms in total. The van der Waals surface area contributed by atoms with E-state index in [1.165, 1.54) is 12.7 Å². The van der Waals surface area contributed by atoms with Crippen LogP contribution >= 0.6 is 0 Å². The molecule has 0 aliphatic heterocycles. The number of amides is 2. The molecule has 2 heterocycles. The first-order valence-electron chi connectivity index (χ1n) is 12.7. The number of benzene rings is 2. The van der Waals surface area contributed by atoms with Crippen LogP contribution in [0.5, 0.6) is 5.75 Å². The van der Waals surface area contributed by atoms with Crippen LogP contribution in [-0.2, 0) is 22.7 Å². The van der Waals surface area contributed by atoms with Gasteiger partial charge in [0.25, 0.3) is 5.91 Å². The van der Waals surface area contributed by atoms with Gasteiger partial charge in [0, 0.05) is 12.6 Å². The molecule has 0 radical (unpaired) electrons. The second kappa shape index (κ2) is 11.3. The van der Waals surface area contributed by atoms with Crippen LogP contribution in [-0.4, -0.2) is 44.9 Å². The lowest BCUT2D eigenvalue weighted by Gasteiger charge is -2.32. The summed E-state index contributed by atoms with van der Waals surface area (Å²) in [6.07, 6.45) is 6.76. The van der Waals surface area contributed by atoms with Crippen LogP contribution in [0.15, 0.2) is 71.3 Å². The van der Waals surface area contributed by atoms with Crippen molar-refractivity contribution in [3.63, 3.8) is 0 Å². The molecular weight excluding hydrogens is 470 g/mol. The van der Waals surface area contributed by atoms with Crippen molar-refractivity contribution in [3.05, 3.63) is 78.3 Å². The van der Waals surface area contributed by atoms with Crippen LogP contribution in [0.25, 0.3) is 11.0 Å². The zero-order valence-electron chi connectivity index (χ0n) is 20.9. The molecule has 1 aliphatic carbocycles. The fraction of sp³-hybridized carbons (Fsp3) is 0.357. The third-order valence-electron chi connectivity index (χ3n) is 6.86. The number of hydrogen-bond acceptors (Lipinski definition) is 6. The first kappa shape index (κ1) is 24.5. The Morgan fingerprint density at radius 1 is 1.08 bits per heavy atom. The summed E-state index contributed by atoms with van der Waals surface area (Å²) in [5, 5.41) is 11.5. The molecule has 2 aromatic heterocycles. The molecule has 2 amide bonds. The van der Waals surface area contributed by atoms with E-state index in [9.17, 15) is 9.59 Å². The van der Waals surface area contributed by atoms with Crippen LogP contribution in [0.2, 0.25) is 0 Å². The van der Waals surface area contributed by atoms with Gasteiger partial charge < -0.3 is 19.4 Å². The first-order valence-corrected chi connectivity index (χ1v) is 12.7. The number of nitrogens with one attached hydrogen (secondary N) is 1. The van der Waals surface area contributed by atoms with E-state index in [0.717, 1.165) is 36.8 Å². The minimum Gasteiger partial charge on any atom is -0.497 e. The molecule has 1 N–H and O–H groups in total. The summed E-state index contributed by atoms with van der Waals surface area (Å²) in [6.45, 7) is 0.142. The SMILES string of the molecule is COc1ccc(CN(C(=O)Cn2nnc3ccccc32)C(C(=O)NC2CCCCC2)c2ccco2)cc1. The second-order valence-corrected chi connectivity index (χ2v) is 9.37. The Morgan fingerprint density at radius 2 is 1.86 bits per heavy atom. The standard InChI is InChI=1S/C28H31N5O4/c1-36-22-15-13-20(14-16-22)18-32(26(34)19-33-24-11-6-5-10-23(24)30-31-33)27(25-12-7-17-37-25)28(35)29-21-8-3-2-4-9-21/h5-7,10-17,21,27H,2-4,8-9,18-19H2,1H3,(H,29,35). The molecule has 37 heavy (non-hydrogen) atoms. The number of para-hydroxylation sites is 1. The van der Waals surface area contributed by atoms with Crippen molar-refractivity contribution in [2.24, 2.45) is 0 Å². The summed E-state index contributed by atoms with van der Waals surface area (Å²) in [5.74, 6) is 0.616. The number of hydrogen-bond donors (Lipinski definition) is 1. The summed E-state index contributed by atoms with van der Waals surface area (Å²) >= 11 is 0. The lowest BCUT2D eigenvalue weighted by atomic mass is 9.95. The third-order valence-corrected chi connectivity index (χ3v) is 6.86. The maximum absolute atomic E-state index is 13.9. The van der Waals surface area contributed by atoms with Crippen molar-refractivity contribution in [3.8, 4) is 5.75 Å². The van der Waals surface area contributed by atoms with Crippen molar-refractivity contribution in [1.82, 2.24) is 25.2 Å². The van der Waals surface area contributed by atoms with Gasteiger partial charge in [-0.1, -0.05) is 48.7 Å². The molecule has 5 rings (SSSR count). The monoisotopic (exact) mass is 501 g/mol. The average Bonchev–Trinajstić information content (AvgIpc) is 3.60. The predicted octanol–water partition coefficient (Wildman–Crippen LogP) is 4.25. The van der Waals surface area contributed by atoms with E-state index < -0.39 is 6.04 Å². The second-order valence-electron chi connectivity index (χ2n) is 9.37. The summed E-state index contributed by atoms with van der Waals surface area (Å²) < 4.78 is 12.6. The number of ether oxygens (including phenoxy) is 1. The maximum Gasteiger partial charge on any atom is 0.250 e. The van der Waals surface area contributed by atoms with E-state index in [-0.39, 0.29) is 30.9 Å². The molecule has 1 unspecified atom stereocenters. The third kappa shape index (κ3) is 5.66. The minimum atomic E-state index is -0.929. The Balaban J connectivity index is 1.47. The van der Waals surface area contributed by atoms with E-state index in [1.54, 1.807) is 28.8 Å². The van der Waals surface area contributed by atoms with Crippen LogP contribution in [0.1, 0.15) is 49.5 Å². The summed E-state index contributed by atoms with van der Waals surface area (Å²) in [7, 11) is 1.61. The molecule has 0 bridgehead atoms.